The average molecular weight is 298 g/mol. The van der Waals surface area contributed by atoms with E-state index in [1.807, 2.05) is 0 Å². The van der Waals surface area contributed by atoms with Gasteiger partial charge in [-0.05, 0) is 34.7 Å². The maximum absolute atomic E-state index is 5.97. The number of nitrogens with two attached hydrogens (primary N) is 1. The summed E-state index contributed by atoms with van der Waals surface area (Å²) in [7, 11) is 0. The van der Waals surface area contributed by atoms with Gasteiger partial charge in [-0.2, -0.15) is 0 Å². The first kappa shape index (κ1) is 12.7. The molecular weight excluding hydrogens is 278 g/mol. The molecular formula is C13H20BrN3. The summed E-state index contributed by atoms with van der Waals surface area (Å²) in [5.41, 5.74) is 7.69. The second-order valence-electron chi connectivity index (χ2n) is 4.95. The number of nitrogen functional groups attached to an aromatic ring is 1. The predicted molar refractivity (Wildman–Crippen MR) is 76.0 cm³/mol. The highest BCUT2D eigenvalue weighted by atomic mass is 79.9. The fourth-order valence-corrected chi connectivity index (χ4v) is 2.96. The van der Waals surface area contributed by atoms with Gasteiger partial charge in [0.2, 0.25) is 0 Å². The average Bonchev–Trinajstić information content (AvgIpc) is 2.49. The van der Waals surface area contributed by atoms with Crippen molar-refractivity contribution in [3.63, 3.8) is 0 Å². The van der Waals surface area contributed by atoms with Gasteiger partial charge < -0.3 is 11.1 Å². The Hall–Kier alpha value is -0.770. The second kappa shape index (κ2) is 5.71. The second-order valence-corrected chi connectivity index (χ2v) is 5.81. The number of hydrogen-bond donors (Lipinski definition) is 2. The molecule has 1 aliphatic carbocycles. The summed E-state index contributed by atoms with van der Waals surface area (Å²) in [5.74, 6) is 0.706. The molecule has 3 nitrogen and oxygen atoms in total. The number of anilines is 2. The van der Waals surface area contributed by atoms with Crippen LogP contribution in [-0.4, -0.2) is 11.0 Å². The molecule has 0 aliphatic heterocycles. The van der Waals surface area contributed by atoms with Gasteiger partial charge in [0.05, 0.1) is 22.0 Å². The zero-order valence-corrected chi connectivity index (χ0v) is 11.8. The Morgan fingerprint density at radius 3 is 2.82 bits per heavy atom. The molecule has 1 heterocycles. The van der Waals surface area contributed by atoms with Gasteiger partial charge in [-0.3, -0.25) is 4.98 Å². The molecule has 0 saturated heterocycles. The van der Waals surface area contributed by atoms with Crippen molar-refractivity contribution in [2.75, 3.05) is 11.1 Å². The molecule has 2 rings (SSSR count). The van der Waals surface area contributed by atoms with Crippen LogP contribution in [0.2, 0.25) is 0 Å². The van der Waals surface area contributed by atoms with Crippen LogP contribution >= 0.6 is 15.9 Å². The van der Waals surface area contributed by atoms with E-state index in [9.17, 15) is 0 Å². The minimum atomic E-state index is 0.526. The lowest BCUT2D eigenvalue weighted by Crippen LogP contribution is -2.26. The fraction of sp³-hybridized carbons (Fsp3) is 0.615. The van der Waals surface area contributed by atoms with Crippen molar-refractivity contribution in [1.29, 1.82) is 0 Å². The van der Waals surface area contributed by atoms with Gasteiger partial charge in [-0.1, -0.05) is 26.2 Å². The van der Waals surface area contributed by atoms with Crippen molar-refractivity contribution in [2.45, 2.75) is 45.1 Å². The number of halogens is 1. The first-order chi connectivity index (χ1) is 8.18. The van der Waals surface area contributed by atoms with Crippen LogP contribution in [-0.2, 0) is 0 Å². The van der Waals surface area contributed by atoms with Crippen LogP contribution in [0.1, 0.15) is 39.0 Å². The lowest BCUT2D eigenvalue weighted by atomic mass is 9.97. The van der Waals surface area contributed by atoms with Crippen LogP contribution in [0.5, 0.6) is 0 Å². The molecule has 17 heavy (non-hydrogen) atoms. The summed E-state index contributed by atoms with van der Waals surface area (Å²) in [6.45, 7) is 2.33. The number of pyridine rings is 1. The lowest BCUT2D eigenvalue weighted by molar-refractivity contribution is 0.456. The third-order valence-corrected chi connectivity index (χ3v) is 4.22. The van der Waals surface area contributed by atoms with Gasteiger partial charge in [0.1, 0.15) is 0 Å². The molecule has 3 N–H and O–H groups in total. The molecule has 0 radical (unpaired) electrons. The zero-order valence-electron chi connectivity index (χ0n) is 10.2. The van der Waals surface area contributed by atoms with Crippen molar-refractivity contribution >= 4 is 27.3 Å². The van der Waals surface area contributed by atoms with E-state index >= 15 is 0 Å². The Balaban J connectivity index is 2.13. The molecule has 1 aliphatic rings. The number of nitrogens with zero attached hydrogens (tertiary/aromatic N) is 1. The maximum atomic E-state index is 5.97. The number of aromatic nitrogens is 1. The van der Waals surface area contributed by atoms with Gasteiger partial charge in [0, 0.05) is 12.2 Å². The summed E-state index contributed by atoms with van der Waals surface area (Å²) in [5, 5.41) is 3.60. The van der Waals surface area contributed by atoms with E-state index < -0.39 is 0 Å². The van der Waals surface area contributed by atoms with Gasteiger partial charge >= 0.3 is 0 Å². The van der Waals surface area contributed by atoms with Gasteiger partial charge in [-0.15, -0.1) is 0 Å². The summed E-state index contributed by atoms with van der Waals surface area (Å²) in [6, 6.07) is 0.526. The molecule has 1 saturated carbocycles. The van der Waals surface area contributed by atoms with Crippen LogP contribution in [0.3, 0.4) is 0 Å². The standard InChI is InChI=1S/C13H20BrN3/c1-9-5-3-2-4-6-12(9)17-13-10(14)7-16-8-11(13)15/h7-9,12H,2-6,15H2,1H3,(H,16,17). The zero-order chi connectivity index (χ0) is 12.3. The SMILES string of the molecule is CC1CCCCCC1Nc1c(N)cncc1Br. The minimum absolute atomic E-state index is 0.526. The molecule has 1 aromatic rings. The number of nitrogens with one attached hydrogen (secondary N) is 1. The van der Waals surface area contributed by atoms with Crippen LogP contribution in [0.15, 0.2) is 16.9 Å². The Morgan fingerprint density at radius 1 is 1.29 bits per heavy atom. The van der Waals surface area contributed by atoms with E-state index in [1.54, 1.807) is 12.4 Å². The molecule has 1 aromatic heterocycles. The Kier molecular flexibility index (Phi) is 4.26. The largest absolute Gasteiger partial charge is 0.396 e. The monoisotopic (exact) mass is 297 g/mol. The summed E-state index contributed by atoms with van der Waals surface area (Å²) in [6.07, 6.45) is 10.1. The molecule has 2 atom stereocenters. The van der Waals surface area contributed by atoms with E-state index in [0.717, 1.165) is 15.8 Å². The maximum Gasteiger partial charge on any atom is 0.0752 e. The van der Waals surface area contributed by atoms with E-state index in [0.29, 0.717) is 12.0 Å². The minimum Gasteiger partial charge on any atom is -0.396 e. The van der Waals surface area contributed by atoms with E-state index in [1.165, 1.54) is 32.1 Å². The first-order valence-electron chi connectivity index (χ1n) is 6.34. The lowest BCUT2D eigenvalue weighted by Gasteiger charge is -2.25. The molecule has 1 fully saturated rings. The van der Waals surface area contributed by atoms with Crippen LogP contribution in [0.4, 0.5) is 11.4 Å². The Labute approximate surface area is 111 Å². The third-order valence-electron chi connectivity index (χ3n) is 3.62. The van der Waals surface area contributed by atoms with Crippen LogP contribution in [0.25, 0.3) is 0 Å². The number of rotatable bonds is 2. The molecule has 2 unspecified atom stereocenters. The number of hydrogen-bond acceptors (Lipinski definition) is 3. The van der Waals surface area contributed by atoms with Crippen molar-refractivity contribution in [3.8, 4) is 0 Å². The molecule has 4 heteroatoms. The van der Waals surface area contributed by atoms with Gasteiger partial charge in [-0.25, -0.2) is 0 Å². The molecule has 0 spiro atoms. The highest BCUT2D eigenvalue weighted by Crippen LogP contribution is 2.32. The van der Waals surface area contributed by atoms with Crippen molar-refractivity contribution < 1.29 is 0 Å². The predicted octanol–water partition coefficient (Wildman–Crippen LogP) is 3.81. The normalized spacial score (nSPS) is 25.3. The van der Waals surface area contributed by atoms with Crippen LogP contribution < -0.4 is 11.1 Å². The molecule has 0 aromatic carbocycles. The quantitative estimate of drug-likeness (QED) is 0.816. The van der Waals surface area contributed by atoms with Gasteiger partial charge in [0.25, 0.3) is 0 Å². The molecule has 0 amide bonds. The summed E-state index contributed by atoms with van der Waals surface area (Å²) < 4.78 is 0.953. The highest BCUT2D eigenvalue weighted by Gasteiger charge is 2.21. The van der Waals surface area contributed by atoms with Crippen LogP contribution in [0, 0.1) is 5.92 Å². The fourth-order valence-electron chi connectivity index (χ4n) is 2.50. The van der Waals surface area contributed by atoms with Crippen molar-refractivity contribution in [3.05, 3.63) is 16.9 Å². The van der Waals surface area contributed by atoms with Gasteiger partial charge in [0.15, 0.2) is 0 Å². The Bertz CT molecular complexity index is 361. The molecule has 94 valence electrons. The highest BCUT2D eigenvalue weighted by molar-refractivity contribution is 9.10. The van der Waals surface area contributed by atoms with Crippen molar-refractivity contribution in [1.82, 2.24) is 4.98 Å². The molecule has 0 bridgehead atoms. The van der Waals surface area contributed by atoms with E-state index in [-0.39, 0.29) is 0 Å². The smallest absolute Gasteiger partial charge is 0.0752 e. The topological polar surface area (TPSA) is 50.9 Å². The Morgan fingerprint density at radius 2 is 2.06 bits per heavy atom. The van der Waals surface area contributed by atoms with E-state index in [4.69, 9.17) is 5.73 Å². The summed E-state index contributed by atoms with van der Waals surface area (Å²) in [4.78, 5) is 4.06. The first-order valence-corrected chi connectivity index (χ1v) is 7.13. The van der Waals surface area contributed by atoms with E-state index in [2.05, 4.69) is 33.2 Å². The summed E-state index contributed by atoms with van der Waals surface area (Å²) >= 11 is 3.51. The third kappa shape index (κ3) is 3.12. The van der Waals surface area contributed by atoms with Crippen molar-refractivity contribution in [2.24, 2.45) is 5.92 Å².